The van der Waals surface area contributed by atoms with Crippen molar-refractivity contribution < 1.29 is 9.53 Å². The molecule has 0 spiro atoms. The maximum atomic E-state index is 12.6. The largest absolute Gasteiger partial charge is 0.489 e. The standard InChI is InChI=1S/C25H24N2O2S/c1-3-26-25-27(4-2)24(28)23(30-25)16-18-10-13-22(14-11-18)29-17-19-9-12-20-7-5-6-8-21(20)15-19/h5-16H,3-4,17H2,1-2H3/b23-16-,26-25?. The van der Waals surface area contributed by atoms with Gasteiger partial charge >= 0.3 is 0 Å². The molecule has 1 heterocycles. The minimum Gasteiger partial charge on any atom is -0.489 e. The molecule has 0 aliphatic carbocycles. The maximum absolute atomic E-state index is 12.6. The summed E-state index contributed by atoms with van der Waals surface area (Å²) in [6.07, 6.45) is 1.92. The third kappa shape index (κ3) is 4.41. The summed E-state index contributed by atoms with van der Waals surface area (Å²) in [5.74, 6) is 0.825. The van der Waals surface area contributed by atoms with Crippen molar-refractivity contribution in [3.05, 3.63) is 82.8 Å². The van der Waals surface area contributed by atoms with Crippen molar-refractivity contribution in [1.29, 1.82) is 0 Å². The number of hydrogen-bond donors (Lipinski definition) is 0. The minimum absolute atomic E-state index is 0.0198. The Kier molecular flexibility index (Phi) is 6.19. The molecule has 0 aromatic heterocycles. The van der Waals surface area contributed by atoms with Gasteiger partial charge in [-0.15, -0.1) is 0 Å². The molecule has 4 rings (SSSR count). The number of aliphatic imine (C=N–C) groups is 1. The number of carbonyl (C=O) groups is 1. The van der Waals surface area contributed by atoms with Crippen LogP contribution in [0.15, 0.2) is 76.6 Å². The quantitative estimate of drug-likeness (QED) is 0.482. The van der Waals surface area contributed by atoms with Crippen LogP contribution in [0.3, 0.4) is 0 Å². The van der Waals surface area contributed by atoms with E-state index in [0.717, 1.165) is 22.0 Å². The number of rotatable bonds is 6. The van der Waals surface area contributed by atoms with Crippen molar-refractivity contribution in [2.75, 3.05) is 13.1 Å². The van der Waals surface area contributed by atoms with Gasteiger partial charge < -0.3 is 4.74 Å². The highest BCUT2D eigenvalue weighted by molar-refractivity contribution is 8.18. The lowest BCUT2D eigenvalue weighted by molar-refractivity contribution is -0.122. The van der Waals surface area contributed by atoms with Crippen molar-refractivity contribution in [2.45, 2.75) is 20.5 Å². The molecular weight excluding hydrogens is 392 g/mol. The van der Waals surface area contributed by atoms with E-state index in [1.165, 1.54) is 22.5 Å². The Balaban J connectivity index is 1.43. The molecule has 0 atom stereocenters. The van der Waals surface area contributed by atoms with Crippen LogP contribution in [0, 0.1) is 0 Å². The molecule has 1 amide bonds. The van der Waals surface area contributed by atoms with Crippen molar-refractivity contribution in [2.24, 2.45) is 4.99 Å². The Morgan fingerprint density at radius 1 is 1.00 bits per heavy atom. The molecular formula is C25H24N2O2S. The first-order chi connectivity index (χ1) is 14.7. The van der Waals surface area contributed by atoms with E-state index in [2.05, 4.69) is 35.3 Å². The zero-order valence-corrected chi connectivity index (χ0v) is 18.0. The van der Waals surface area contributed by atoms with Crippen LogP contribution in [0.4, 0.5) is 0 Å². The molecule has 1 aliphatic rings. The van der Waals surface area contributed by atoms with Gasteiger partial charge in [0.05, 0.1) is 4.91 Å². The van der Waals surface area contributed by atoms with Crippen molar-refractivity contribution in [3.8, 4) is 5.75 Å². The van der Waals surface area contributed by atoms with E-state index < -0.39 is 0 Å². The molecule has 0 N–H and O–H groups in total. The molecule has 0 saturated carbocycles. The topological polar surface area (TPSA) is 41.9 Å². The van der Waals surface area contributed by atoms with Gasteiger partial charge in [-0.2, -0.15) is 0 Å². The van der Waals surface area contributed by atoms with E-state index in [4.69, 9.17) is 4.74 Å². The highest BCUT2D eigenvalue weighted by Gasteiger charge is 2.31. The molecule has 1 saturated heterocycles. The second-order valence-corrected chi connectivity index (χ2v) is 7.97. The summed E-state index contributed by atoms with van der Waals surface area (Å²) in [7, 11) is 0. The number of likely N-dealkylation sites (N-methyl/N-ethyl adjacent to an activating group) is 1. The van der Waals surface area contributed by atoms with Gasteiger partial charge in [-0.3, -0.25) is 14.7 Å². The minimum atomic E-state index is 0.0198. The molecule has 3 aromatic rings. The van der Waals surface area contributed by atoms with Crippen LogP contribution in [0.2, 0.25) is 0 Å². The Bertz CT molecular complexity index is 1120. The first-order valence-electron chi connectivity index (χ1n) is 10.1. The fraction of sp³-hybridized carbons (Fsp3) is 0.200. The summed E-state index contributed by atoms with van der Waals surface area (Å²) in [6.45, 7) is 5.76. The van der Waals surface area contributed by atoms with Gasteiger partial charge in [0.2, 0.25) is 0 Å². The van der Waals surface area contributed by atoms with Gasteiger partial charge in [0.1, 0.15) is 12.4 Å². The van der Waals surface area contributed by atoms with Crippen molar-refractivity contribution in [3.63, 3.8) is 0 Å². The summed E-state index contributed by atoms with van der Waals surface area (Å²) in [5.41, 5.74) is 2.10. The highest BCUT2D eigenvalue weighted by Crippen LogP contribution is 2.32. The summed E-state index contributed by atoms with van der Waals surface area (Å²) >= 11 is 1.44. The van der Waals surface area contributed by atoms with Crippen LogP contribution in [0.1, 0.15) is 25.0 Å². The van der Waals surface area contributed by atoms with Crippen molar-refractivity contribution >= 4 is 39.7 Å². The van der Waals surface area contributed by atoms with Crippen LogP contribution in [0.25, 0.3) is 16.8 Å². The van der Waals surface area contributed by atoms with Gasteiger partial charge in [-0.05, 0) is 71.8 Å². The monoisotopic (exact) mass is 416 g/mol. The van der Waals surface area contributed by atoms with E-state index in [1.807, 2.05) is 56.3 Å². The van der Waals surface area contributed by atoms with E-state index in [1.54, 1.807) is 4.90 Å². The molecule has 3 aromatic carbocycles. The van der Waals surface area contributed by atoms with E-state index in [-0.39, 0.29) is 5.91 Å². The van der Waals surface area contributed by atoms with Gasteiger partial charge in [-0.1, -0.05) is 48.5 Å². The number of hydrogen-bond acceptors (Lipinski definition) is 4. The Labute approximate surface area is 181 Å². The van der Waals surface area contributed by atoms with Crippen LogP contribution in [0.5, 0.6) is 5.75 Å². The van der Waals surface area contributed by atoms with Gasteiger partial charge in [-0.25, -0.2) is 0 Å². The van der Waals surface area contributed by atoms with Crippen LogP contribution < -0.4 is 4.74 Å². The number of benzene rings is 3. The van der Waals surface area contributed by atoms with Crippen LogP contribution in [-0.4, -0.2) is 29.1 Å². The average Bonchev–Trinajstić information content (AvgIpc) is 3.07. The lowest BCUT2D eigenvalue weighted by atomic mass is 10.1. The van der Waals surface area contributed by atoms with E-state index in [9.17, 15) is 4.79 Å². The van der Waals surface area contributed by atoms with Crippen molar-refractivity contribution in [1.82, 2.24) is 4.90 Å². The molecule has 1 fully saturated rings. The third-order valence-electron chi connectivity index (χ3n) is 4.89. The molecule has 1 aliphatic heterocycles. The number of carbonyl (C=O) groups excluding carboxylic acids is 1. The SMILES string of the molecule is CCN=C1S/C(=C\c2ccc(OCc3ccc4ccccc4c3)cc2)C(=O)N1CC. The second kappa shape index (κ2) is 9.18. The highest BCUT2D eigenvalue weighted by atomic mass is 32.2. The zero-order chi connectivity index (χ0) is 20.9. The fourth-order valence-electron chi connectivity index (χ4n) is 3.35. The second-order valence-electron chi connectivity index (χ2n) is 6.96. The first kappa shape index (κ1) is 20.2. The normalized spacial score (nSPS) is 16.7. The zero-order valence-electron chi connectivity index (χ0n) is 17.2. The van der Waals surface area contributed by atoms with E-state index in [0.29, 0.717) is 24.6 Å². The molecule has 0 radical (unpaired) electrons. The third-order valence-corrected chi connectivity index (χ3v) is 5.94. The summed E-state index contributed by atoms with van der Waals surface area (Å²) in [6, 6.07) is 22.5. The fourth-order valence-corrected chi connectivity index (χ4v) is 4.45. The Hall–Kier alpha value is -3.05. The molecule has 152 valence electrons. The Morgan fingerprint density at radius 2 is 1.77 bits per heavy atom. The molecule has 5 heteroatoms. The van der Waals surface area contributed by atoms with Gasteiger partial charge in [0, 0.05) is 13.1 Å². The maximum Gasteiger partial charge on any atom is 0.266 e. The van der Waals surface area contributed by atoms with Gasteiger partial charge in [0.25, 0.3) is 5.91 Å². The number of ether oxygens (including phenoxy) is 1. The molecule has 0 bridgehead atoms. The molecule has 30 heavy (non-hydrogen) atoms. The smallest absolute Gasteiger partial charge is 0.266 e. The number of fused-ring (bicyclic) bond motifs is 1. The van der Waals surface area contributed by atoms with Crippen LogP contribution >= 0.6 is 11.8 Å². The summed E-state index contributed by atoms with van der Waals surface area (Å²) < 4.78 is 5.95. The number of amides is 1. The molecule has 4 nitrogen and oxygen atoms in total. The Morgan fingerprint density at radius 3 is 2.50 bits per heavy atom. The predicted octanol–water partition coefficient (Wildman–Crippen LogP) is 5.73. The lowest BCUT2D eigenvalue weighted by Crippen LogP contribution is -2.28. The number of amidine groups is 1. The molecule has 0 unspecified atom stereocenters. The predicted molar refractivity (Wildman–Crippen MR) is 126 cm³/mol. The van der Waals surface area contributed by atoms with E-state index >= 15 is 0 Å². The number of nitrogens with zero attached hydrogens (tertiary/aromatic N) is 2. The first-order valence-corrected chi connectivity index (χ1v) is 11.0. The average molecular weight is 417 g/mol. The lowest BCUT2D eigenvalue weighted by Gasteiger charge is -2.11. The summed E-state index contributed by atoms with van der Waals surface area (Å²) in [5, 5.41) is 3.23. The number of thioether (sulfide) groups is 1. The van der Waals surface area contributed by atoms with Gasteiger partial charge in [0.15, 0.2) is 5.17 Å². The van der Waals surface area contributed by atoms with Crippen LogP contribution in [-0.2, 0) is 11.4 Å². The summed E-state index contributed by atoms with van der Waals surface area (Å²) in [4.78, 5) is 19.4.